The van der Waals surface area contributed by atoms with Crippen LogP contribution in [0.3, 0.4) is 0 Å². The molecule has 1 aliphatic heterocycles. The van der Waals surface area contributed by atoms with E-state index in [-0.39, 0.29) is 12.0 Å². The molecule has 2 atom stereocenters. The first-order valence-electron chi connectivity index (χ1n) is 3.73. The van der Waals surface area contributed by atoms with Crippen molar-refractivity contribution in [3.05, 3.63) is 36.1 Å². The van der Waals surface area contributed by atoms with Crippen LogP contribution in [0.15, 0.2) is 36.1 Å². The SMILES string of the molecule is O=C(O)C1=CC=CC2C=COC12. The topological polar surface area (TPSA) is 46.5 Å². The summed E-state index contributed by atoms with van der Waals surface area (Å²) in [6.07, 6.45) is 8.37. The summed E-state index contributed by atoms with van der Waals surface area (Å²) in [6, 6.07) is 0. The van der Waals surface area contributed by atoms with E-state index in [0.29, 0.717) is 5.57 Å². The van der Waals surface area contributed by atoms with Crippen LogP contribution >= 0.6 is 0 Å². The third-order valence-corrected chi connectivity index (χ3v) is 2.04. The lowest BCUT2D eigenvalue weighted by atomic mass is 9.92. The van der Waals surface area contributed by atoms with Crippen LogP contribution in [0.25, 0.3) is 0 Å². The van der Waals surface area contributed by atoms with Gasteiger partial charge in [0.25, 0.3) is 0 Å². The smallest absolute Gasteiger partial charge is 0.335 e. The number of hydrogen-bond acceptors (Lipinski definition) is 2. The van der Waals surface area contributed by atoms with Crippen LogP contribution < -0.4 is 0 Å². The Morgan fingerprint density at radius 3 is 3.08 bits per heavy atom. The molecular weight excluding hydrogens is 156 g/mol. The third-order valence-electron chi connectivity index (χ3n) is 2.04. The summed E-state index contributed by atoms with van der Waals surface area (Å²) in [5.41, 5.74) is 0.326. The molecule has 0 amide bonds. The molecule has 0 saturated carbocycles. The van der Waals surface area contributed by atoms with Crippen LogP contribution in [-0.4, -0.2) is 17.2 Å². The van der Waals surface area contributed by atoms with Crippen molar-refractivity contribution in [2.24, 2.45) is 5.92 Å². The minimum atomic E-state index is -0.905. The van der Waals surface area contributed by atoms with Crippen molar-refractivity contribution in [1.82, 2.24) is 0 Å². The van der Waals surface area contributed by atoms with Gasteiger partial charge in [-0.1, -0.05) is 12.2 Å². The van der Waals surface area contributed by atoms with E-state index >= 15 is 0 Å². The largest absolute Gasteiger partial charge is 0.492 e. The average Bonchev–Trinajstić information content (AvgIpc) is 2.49. The Bertz CT molecular complexity index is 299. The van der Waals surface area contributed by atoms with Gasteiger partial charge >= 0.3 is 5.97 Å². The van der Waals surface area contributed by atoms with Gasteiger partial charge in [-0.05, 0) is 12.2 Å². The summed E-state index contributed by atoms with van der Waals surface area (Å²) in [6.45, 7) is 0. The molecule has 2 aliphatic rings. The summed E-state index contributed by atoms with van der Waals surface area (Å²) in [5, 5.41) is 8.78. The first-order chi connectivity index (χ1) is 5.79. The zero-order valence-corrected chi connectivity index (χ0v) is 6.31. The number of carbonyl (C=O) groups is 1. The molecule has 3 heteroatoms. The monoisotopic (exact) mass is 164 g/mol. The van der Waals surface area contributed by atoms with E-state index in [1.54, 1.807) is 18.4 Å². The van der Waals surface area contributed by atoms with E-state index in [2.05, 4.69) is 0 Å². The fraction of sp³-hybridized carbons (Fsp3) is 0.222. The van der Waals surface area contributed by atoms with Crippen molar-refractivity contribution < 1.29 is 14.6 Å². The molecule has 0 spiro atoms. The van der Waals surface area contributed by atoms with Gasteiger partial charge < -0.3 is 9.84 Å². The lowest BCUT2D eigenvalue weighted by molar-refractivity contribution is -0.133. The molecule has 0 aromatic carbocycles. The summed E-state index contributed by atoms with van der Waals surface area (Å²) >= 11 is 0. The molecule has 12 heavy (non-hydrogen) atoms. The van der Waals surface area contributed by atoms with Gasteiger partial charge in [-0.25, -0.2) is 4.79 Å². The Hall–Kier alpha value is -1.51. The second-order valence-corrected chi connectivity index (χ2v) is 2.77. The minimum absolute atomic E-state index is 0.0982. The van der Waals surface area contributed by atoms with Crippen LogP contribution in [0, 0.1) is 5.92 Å². The van der Waals surface area contributed by atoms with E-state index in [4.69, 9.17) is 9.84 Å². The van der Waals surface area contributed by atoms with E-state index in [0.717, 1.165) is 0 Å². The molecule has 2 rings (SSSR count). The molecule has 1 aliphatic carbocycles. The minimum Gasteiger partial charge on any atom is -0.492 e. The van der Waals surface area contributed by atoms with Gasteiger partial charge in [0.2, 0.25) is 0 Å². The quantitative estimate of drug-likeness (QED) is 0.631. The van der Waals surface area contributed by atoms with Crippen molar-refractivity contribution >= 4 is 5.97 Å². The molecule has 0 bridgehead atoms. The van der Waals surface area contributed by atoms with Gasteiger partial charge in [0.15, 0.2) is 0 Å². The number of carboxylic acid groups (broad SMARTS) is 1. The Labute approximate surface area is 69.6 Å². The van der Waals surface area contributed by atoms with Gasteiger partial charge in [-0.15, -0.1) is 0 Å². The number of ether oxygens (including phenoxy) is 1. The number of allylic oxidation sites excluding steroid dienone is 2. The molecule has 0 aromatic rings. The van der Waals surface area contributed by atoms with Crippen LogP contribution in [0.5, 0.6) is 0 Å². The van der Waals surface area contributed by atoms with Gasteiger partial charge in [0.1, 0.15) is 6.10 Å². The zero-order valence-electron chi connectivity index (χ0n) is 6.31. The number of rotatable bonds is 1. The van der Waals surface area contributed by atoms with Crippen LogP contribution in [0.1, 0.15) is 0 Å². The molecule has 0 aromatic heterocycles. The summed E-state index contributed by atoms with van der Waals surface area (Å²) in [5.74, 6) is -0.806. The van der Waals surface area contributed by atoms with Crippen molar-refractivity contribution in [3.8, 4) is 0 Å². The maximum atomic E-state index is 10.7. The Kier molecular flexibility index (Phi) is 1.50. The highest BCUT2D eigenvalue weighted by atomic mass is 16.5. The highest BCUT2D eigenvalue weighted by Gasteiger charge is 2.31. The highest BCUT2D eigenvalue weighted by molar-refractivity contribution is 5.88. The number of carboxylic acids is 1. The van der Waals surface area contributed by atoms with Crippen molar-refractivity contribution in [1.29, 1.82) is 0 Å². The van der Waals surface area contributed by atoms with E-state index in [1.165, 1.54) is 0 Å². The molecule has 0 saturated heterocycles. The van der Waals surface area contributed by atoms with Gasteiger partial charge in [-0.2, -0.15) is 0 Å². The summed E-state index contributed by atoms with van der Waals surface area (Å²) in [4.78, 5) is 10.7. The Balaban J connectivity index is 2.30. The maximum Gasteiger partial charge on any atom is 0.335 e. The Morgan fingerprint density at radius 1 is 1.50 bits per heavy atom. The average molecular weight is 164 g/mol. The molecular formula is C9H8O3. The normalized spacial score (nSPS) is 30.8. The molecule has 1 N–H and O–H groups in total. The van der Waals surface area contributed by atoms with Crippen LogP contribution in [-0.2, 0) is 9.53 Å². The van der Waals surface area contributed by atoms with E-state index in [1.807, 2.05) is 12.2 Å². The number of hydrogen-bond donors (Lipinski definition) is 1. The van der Waals surface area contributed by atoms with E-state index < -0.39 is 5.97 Å². The van der Waals surface area contributed by atoms with Gasteiger partial charge in [0, 0.05) is 5.92 Å². The second-order valence-electron chi connectivity index (χ2n) is 2.77. The second kappa shape index (κ2) is 2.52. The molecule has 1 heterocycles. The first kappa shape index (κ1) is 7.16. The zero-order chi connectivity index (χ0) is 8.55. The van der Waals surface area contributed by atoms with Crippen LogP contribution in [0.4, 0.5) is 0 Å². The predicted octanol–water partition coefficient (Wildman–Crippen LogP) is 1.10. The van der Waals surface area contributed by atoms with Crippen LogP contribution in [0.2, 0.25) is 0 Å². The van der Waals surface area contributed by atoms with Gasteiger partial charge in [-0.3, -0.25) is 0 Å². The molecule has 0 radical (unpaired) electrons. The van der Waals surface area contributed by atoms with Crippen molar-refractivity contribution in [2.75, 3.05) is 0 Å². The standard InChI is InChI=1S/C9H8O3/c10-9(11)7-3-1-2-6-4-5-12-8(6)7/h1-6,8H,(H,10,11). The summed E-state index contributed by atoms with van der Waals surface area (Å²) in [7, 11) is 0. The van der Waals surface area contributed by atoms with E-state index in [9.17, 15) is 4.79 Å². The molecule has 3 nitrogen and oxygen atoms in total. The molecule has 2 unspecified atom stereocenters. The number of aliphatic carboxylic acids is 1. The fourth-order valence-electron chi connectivity index (χ4n) is 1.43. The lowest BCUT2D eigenvalue weighted by Gasteiger charge is -2.18. The lowest BCUT2D eigenvalue weighted by Crippen LogP contribution is -2.24. The molecule has 0 fully saturated rings. The van der Waals surface area contributed by atoms with Crippen molar-refractivity contribution in [3.63, 3.8) is 0 Å². The highest BCUT2D eigenvalue weighted by Crippen LogP contribution is 2.28. The Morgan fingerprint density at radius 2 is 2.33 bits per heavy atom. The fourth-order valence-corrected chi connectivity index (χ4v) is 1.43. The van der Waals surface area contributed by atoms with Gasteiger partial charge in [0.05, 0.1) is 11.8 Å². The predicted molar refractivity (Wildman–Crippen MR) is 42.4 cm³/mol. The third kappa shape index (κ3) is 0.942. The first-order valence-corrected chi connectivity index (χ1v) is 3.73. The number of fused-ring (bicyclic) bond motifs is 1. The maximum absolute atomic E-state index is 10.7. The summed E-state index contributed by atoms with van der Waals surface area (Å²) < 4.78 is 5.15. The molecule has 62 valence electrons. The van der Waals surface area contributed by atoms with Crippen molar-refractivity contribution in [2.45, 2.75) is 6.10 Å².